The van der Waals surface area contributed by atoms with Gasteiger partial charge in [0.05, 0.1) is 12.1 Å². The third kappa shape index (κ3) is 3.71. The van der Waals surface area contributed by atoms with Gasteiger partial charge in [0, 0.05) is 18.7 Å². The van der Waals surface area contributed by atoms with E-state index in [1.54, 1.807) is 4.90 Å². The summed E-state index contributed by atoms with van der Waals surface area (Å²) in [5.41, 5.74) is 2.58. The third-order valence-electron chi connectivity index (χ3n) is 4.78. The lowest BCUT2D eigenvalue weighted by Gasteiger charge is -2.21. The number of likely N-dealkylation sites (N-methyl/N-ethyl adjacent to an activating group) is 1. The second-order valence-electron chi connectivity index (χ2n) is 6.66. The fraction of sp³-hybridized carbons (Fsp3) is 0.273. The van der Waals surface area contributed by atoms with Crippen LogP contribution in [0.2, 0.25) is 0 Å². The van der Waals surface area contributed by atoms with Gasteiger partial charge in [-0.25, -0.2) is 4.98 Å². The van der Waals surface area contributed by atoms with Crippen molar-refractivity contribution in [2.75, 3.05) is 13.3 Å². The van der Waals surface area contributed by atoms with Crippen molar-refractivity contribution in [2.24, 2.45) is 0 Å². The van der Waals surface area contributed by atoms with Crippen molar-refractivity contribution in [3.63, 3.8) is 0 Å². The van der Waals surface area contributed by atoms with Crippen LogP contribution in [0, 0.1) is 6.92 Å². The first-order chi connectivity index (χ1) is 13.6. The number of hydrogen-bond acceptors (Lipinski definition) is 5. The molecule has 0 radical (unpaired) electrons. The summed E-state index contributed by atoms with van der Waals surface area (Å²) in [6, 6.07) is 15.5. The monoisotopic (exact) mass is 378 g/mol. The Morgan fingerprint density at radius 3 is 2.68 bits per heavy atom. The maximum Gasteiger partial charge on any atom is 0.231 e. The molecule has 2 aromatic carbocycles. The molecule has 0 saturated heterocycles. The smallest absolute Gasteiger partial charge is 0.231 e. The Labute approximate surface area is 163 Å². The Kier molecular flexibility index (Phi) is 5.02. The van der Waals surface area contributed by atoms with E-state index in [0.29, 0.717) is 30.4 Å². The summed E-state index contributed by atoms with van der Waals surface area (Å²) >= 11 is 0. The zero-order valence-corrected chi connectivity index (χ0v) is 16.0. The molecule has 3 aromatic rings. The Bertz CT molecular complexity index is 981. The second kappa shape index (κ2) is 7.76. The average Bonchev–Trinajstić information content (AvgIpc) is 3.33. The minimum absolute atomic E-state index is 0.0104. The van der Waals surface area contributed by atoms with Crippen molar-refractivity contribution in [3.8, 4) is 23.0 Å². The first-order valence-electron chi connectivity index (χ1n) is 9.32. The van der Waals surface area contributed by atoms with Gasteiger partial charge in [0.25, 0.3) is 0 Å². The van der Waals surface area contributed by atoms with Gasteiger partial charge in [0.1, 0.15) is 5.76 Å². The molecule has 0 bridgehead atoms. The van der Waals surface area contributed by atoms with E-state index in [1.165, 1.54) is 0 Å². The van der Waals surface area contributed by atoms with Crippen LogP contribution >= 0.6 is 0 Å². The van der Waals surface area contributed by atoms with Crippen LogP contribution in [0.3, 0.4) is 0 Å². The second-order valence-corrected chi connectivity index (χ2v) is 6.66. The fourth-order valence-corrected chi connectivity index (χ4v) is 3.19. The Morgan fingerprint density at radius 1 is 1.11 bits per heavy atom. The molecule has 6 heteroatoms. The molecule has 0 spiro atoms. The first kappa shape index (κ1) is 18.1. The Morgan fingerprint density at radius 2 is 1.89 bits per heavy atom. The summed E-state index contributed by atoms with van der Waals surface area (Å²) < 4.78 is 16.5. The standard InChI is InChI=1S/C22H22N2O4/c1-3-24(13-16-9-10-19-20(11-16)27-14-26-19)21(25)12-18-15(2)28-22(23-18)17-7-5-4-6-8-17/h4-11H,3,12-14H2,1-2H3. The molecule has 1 amide bonds. The van der Waals surface area contributed by atoms with Crippen molar-refractivity contribution in [2.45, 2.75) is 26.8 Å². The van der Waals surface area contributed by atoms with E-state index in [0.717, 1.165) is 22.6 Å². The summed E-state index contributed by atoms with van der Waals surface area (Å²) in [6.45, 7) is 5.17. The van der Waals surface area contributed by atoms with Crippen LogP contribution in [0.25, 0.3) is 11.5 Å². The zero-order valence-electron chi connectivity index (χ0n) is 16.0. The van der Waals surface area contributed by atoms with Crippen molar-refractivity contribution in [1.82, 2.24) is 9.88 Å². The maximum atomic E-state index is 12.9. The van der Waals surface area contributed by atoms with Crippen LogP contribution in [-0.2, 0) is 17.8 Å². The highest BCUT2D eigenvalue weighted by Crippen LogP contribution is 2.33. The van der Waals surface area contributed by atoms with Gasteiger partial charge in [0.15, 0.2) is 11.5 Å². The lowest BCUT2D eigenvalue weighted by molar-refractivity contribution is -0.130. The van der Waals surface area contributed by atoms with Crippen molar-refractivity contribution >= 4 is 5.91 Å². The van der Waals surface area contributed by atoms with Gasteiger partial charge < -0.3 is 18.8 Å². The minimum atomic E-state index is 0.0104. The van der Waals surface area contributed by atoms with E-state index in [1.807, 2.05) is 62.4 Å². The maximum absolute atomic E-state index is 12.9. The number of oxazole rings is 1. The molecule has 0 unspecified atom stereocenters. The number of hydrogen-bond donors (Lipinski definition) is 0. The molecular weight excluding hydrogens is 356 g/mol. The molecule has 0 fully saturated rings. The van der Waals surface area contributed by atoms with Gasteiger partial charge >= 0.3 is 0 Å². The highest BCUT2D eigenvalue weighted by molar-refractivity contribution is 5.78. The van der Waals surface area contributed by atoms with Crippen LogP contribution in [0.1, 0.15) is 23.9 Å². The van der Waals surface area contributed by atoms with Crippen molar-refractivity contribution < 1.29 is 18.7 Å². The Hall–Kier alpha value is -3.28. The largest absolute Gasteiger partial charge is 0.454 e. The highest BCUT2D eigenvalue weighted by Gasteiger charge is 2.20. The average molecular weight is 378 g/mol. The number of carbonyl (C=O) groups excluding carboxylic acids is 1. The zero-order chi connectivity index (χ0) is 19.5. The van der Waals surface area contributed by atoms with Gasteiger partial charge in [-0.3, -0.25) is 4.79 Å². The summed E-state index contributed by atoms with van der Waals surface area (Å²) in [6.07, 6.45) is 0.209. The number of ether oxygens (including phenoxy) is 2. The molecular formula is C22H22N2O4. The molecule has 0 aliphatic carbocycles. The van der Waals surface area contributed by atoms with Crippen LogP contribution < -0.4 is 9.47 Å². The van der Waals surface area contributed by atoms with Gasteiger partial charge in [-0.2, -0.15) is 0 Å². The van der Waals surface area contributed by atoms with E-state index < -0.39 is 0 Å². The molecule has 0 saturated carbocycles. The number of amides is 1. The predicted molar refractivity (Wildman–Crippen MR) is 104 cm³/mol. The molecule has 6 nitrogen and oxygen atoms in total. The number of nitrogens with zero attached hydrogens (tertiary/aromatic N) is 2. The first-order valence-corrected chi connectivity index (χ1v) is 9.32. The van der Waals surface area contributed by atoms with Crippen LogP contribution in [-0.4, -0.2) is 29.1 Å². The van der Waals surface area contributed by atoms with Gasteiger partial charge in [-0.05, 0) is 43.7 Å². The van der Waals surface area contributed by atoms with Crippen LogP contribution in [0.5, 0.6) is 11.5 Å². The topological polar surface area (TPSA) is 64.8 Å². The molecule has 1 aliphatic rings. The van der Waals surface area contributed by atoms with Gasteiger partial charge in [-0.1, -0.05) is 24.3 Å². The number of aromatic nitrogens is 1. The molecule has 4 rings (SSSR count). The molecule has 28 heavy (non-hydrogen) atoms. The van der Waals surface area contributed by atoms with Crippen molar-refractivity contribution in [1.29, 1.82) is 0 Å². The number of carbonyl (C=O) groups is 1. The molecule has 0 N–H and O–H groups in total. The van der Waals surface area contributed by atoms with E-state index >= 15 is 0 Å². The van der Waals surface area contributed by atoms with E-state index in [4.69, 9.17) is 13.9 Å². The molecule has 144 valence electrons. The minimum Gasteiger partial charge on any atom is -0.454 e. The van der Waals surface area contributed by atoms with E-state index in [9.17, 15) is 4.79 Å². The van der Waals surface area contributed by atoms with Crippen LogP contribution in [0.15, 0.2) is 52.9 Å². The molecule has 2 heterocycles. The normalized spacial score (nSPS) is 12.2. The summed E-state index contributed by atoms with van der Waals surface area (Å²) in [5, 5.41) is 0. The Balaban J connectivity index is 1.47. The summed E-state index contributed by atoms with van der Waals surface area (Å²) in [4.78, 5) is 19.2. The van der Waals surface area contributed by atoms with Gasteiger partial charge in [0.2, 0.25) is 18.6 Å². The lowest BCUT2D eigenvalue weighted by atomic mass is 10.1. The van der Waals surface area contributed by atoms with Gasteiger partial charge in [-0.15, -0.1) is 0 Å². The SMILES string of the molecule is CCN(Cc1ccc2c(c1)OCO2)C(=O)Cc1nc(-c2ccccc2)oc1C. The predicted octanol–water partition coefficient (Wildman–Crippen LogP) is 3.97. The highest BCUT2D eigenvalue weighted by atomic mass is 16.7. The summed E-state index contributed by atoms with van der Waals surface area (Å²) in [5.74, 6) is 2.69. The van der Waals surface area contributed by atoms with Crippen molar-refractivity contribution in [3.05, 3.63) is 65.5 Å². The molecule has 1 aliphatic heterocycles. The van der Waals surface area contributed by atoms with Crippen LogP contribution in [0.4, 0.5) is 0 Å². The number of benzene rings is 2. The van der Waals surface area contributed by atoms with E-state index in [2.05, 4.69) is 4.98 Å². The molecule has 1 aromatic heterocycles. The number of rotatable bonds is 6. The molecule has 0 atom stereocenters. The number of fused-ring (bicyclic) bond motifs is 1. The lowest BCUT2D eigenvalue weighted by Crippen LogP contribution is -2.31. The fourth-order valence-electron chi connectivity index (χ4n) is 3.19. The quantitative estimate of drug-likeness (QED) is 0.649. The summed E-state index contributed by atoms with van der Waals surface area (Å²) in [7, 11) is 0. The third-order valence-corrected chi connectivity index (χ3v) is 4.78. The van der Waals surface area contributed by atoms with E-state index in [-0.39, 0.29) is 19.1 Å². The number of aryl methyl sites for hydroxylation is 1.